The largest absolute Gasteiger partial charge is 0.481 e. The number of rotatable bonds is 3. The molecule has 2 aliphatic rings. The monoisotopic (exact) mass is 317 g/mol. The van der Waals surface area contributed by atoms with Crippen LogP contribution in [0.25, 0.3) is 0 Å². The average Bonchev–Trinajstić information content (AvgIpc) is 3.03. The molecule has 23 heavy (non-hydrogen) atoms. The van der Waals surface area contributed by atoms with Crippen LogP contribution in [0.4, 0.5) is 0 Å². The summed E-state index contributed by atoms with van der Waals surface area (Å²) in [5.74, 6) is -1.12. The molecular weight excluding hydrogens is 294 g/mol. The van der Waals surface area contributed by atoms with E-state index in [1.807, 2.05) is 24.3 Å². The summed E-state index contributed by atoms with van der Waals surface area (Å²) in [6.07, 6.45) is 0.729. The summed E-state index contributed by atoms with van der Waals surface area (Å²) in [7, 11) is 0. The third-order valence-corrected chi connectivity index (χ3v) is 4.84. The number of nitrogens with zero attached hydrogens (tertiary/aromatic N) is 1. The van der Waals surface area contributed by atoms with Gasteiger partial charge in [-0.2, -0.15) is 0 Å². The Morgan fingerprint density at radius 3 is 2.65 bits per heavy atom. The maximum absolute atomic E-state index is 12.8. The van der Waals surface area contributed by atoms with E-state index in [2.05, 4.69) is 24.7 Å². The summed E-state index contributed by atoms with van der Waals surface area (Å²) < 4.78 is 0. The fourth-order valence-electron chi connectivity index (χ4n) is 3.39. The Balaban J connectivity index is 1.77. The lowest BCUT2D eigenvalue weighted by atomic mass is 9.89. The molecule has 2 heterocycles. The van der Waals surface area contributed by atoms with Crippen LogP contribution in [0.1, 0.15) is 37.3 Å². The number of fused-ring (bicyclic) bond motifs is 1. The Labute approximate surface area is 135 Å². The molecule has 124 valence electrons. The number of hydrogen-bond donors (Lipinski definition) is 3. The van der Waals surface area contributed by atoms with E-state index in [0.29, 0.717) is 12.5 Å². The molecule has 3 N–H and O–H groups in total. The van der Waals surface area contributed by atoms with Crippen LogP contribution in [0.15, 0.2) is 24.3 Å². The molecule has 6 heteroatoms. The van der Waals surface area contributed by atoms with Crippen LogP contribution in [0, 0.1) is 5.92 Å². The van der Waals surface area contributed by atoms with Gasteiger partial charge in [0, 0.05) is 19.1 Å². The quantitative estimate of drug-likeness (QED) is 0.777. The van der Waals surface area contributed by atoms with E-state index < -0.39 is 11.9 Å². The molecule has 3 rings (SSSR count). The molecule has 6 nitrogen and oxygen atoms in total. The van der Waals surface area contributed by atoms with Crippen molar-refractivity contribution in [2.75, 3.05) is 6.54 Å². The lowest BCUT2D eigenvalue weighted by Crippen LogP contribution is -2.49. The number of carboxylic acid groups (broad SMARTS) is 1. The molecule has 1 saturated heterocycles. The number of nitrogens with one attached hydrogen (secondary N) is 2. The lowest BCUT2D eigenvalue weighted by molar-refractivity contribution is -0.142. The summed E-state index contributed by atoms with van der Waals surface area (Å²) in [4.78, 5) is 26.0. The van der Waals surface area contributed by atoms with Gasteiger partial charge in [0.2, 0.25) is 5.91 Å². The van der Waals surface area contributed by atoms with Gasteiger partial charge in [-0.15, -0.1) is 0 Å². The summed E-state index contributed by atoms with van der Waals surface area (Å²) in [6.45, 7) is 4.94. The molecule has 3 atom stereocenters. The van der Waals surface area contributed by atoms with Crippen molar-refractivity contribution in [1.29, 1.82) is 0 Å². The van der Waals surface area contributed by atoms with Gasteiger partial charge in [-0.1, -0.05) is 38.1 Å². The zero-order chi connectivity index (χ0) is 16.6. The second-order valence-corrected chi connectivity index (χ2v) is 6.74. The minimum atomic E-state index is -0.882. The summed E-state index contributed by atoms with van der Waals surface area (Å²) in [5, 5.41) is 9.50. The summed E-state index contributed by atoms with van der Waals surface area (Å²) >= 11 is 0. The van der Waals surface area contributed by atoms with E-state index in [9.17, 15) is 14.7 Å². The van der Waals surface area contributed by atoms with Crippen molar-refractivity contribution in [2.24, 2.45) is 5.92 Å². The van der Waals surface area contributed by atoms with Crippen molar-refractivity contribution in [1.82, 2.24) is 15.8 Å². The van der Waals surface area contributed by atoms with Gasteiger partial charge < -0.3 is 10.0 Å². The van der Waals surface area contributed by atoms with Gasteiger partial charge in [0.05, 0.1) is 5.92 Å². The van der Waals surface area contributed by atoms with E-state index in [-0.39, 0.29) is 24.5 Å². The highest BCUT2D eigenvalue weighted by Gasteiger charge is 2.38. The zero-order valence-electron chi connectivity index (χ0n) is 13.5. The van der Waals surface area contributed by atoms with Crippen LogP contribution < -0.4 is 10.9 Å². The highest BCUT2D eigenvalue weighted by Crippen LogP contribution is 2.29. The number of hydrazine groups is 1. The number of carbonyl (C=O) groups is 2. The van der Waals surface area contributed by atoms with Crippen LogP contribution in [-0.2, 0) is 16.1 Å². The van der Waals surface area contributed by atoms with Crippen LogP contribution in [0.3, 0.4) is 0 Å². The minimum absolute atomic E-state index is 0.0265. The Morgan fingerprint density at radius 1 is 1.26 bits per heavy atom. The molecule has 1 amide bonds. The predicted molar refractivity (Wildman–Crippen MR) is 85.5 cm³/mol. The first kappa shape index (κ1) is 16.0. The average molecular weight is 317 g/mol. The number of carboxylic acids is 1. The van der Waals surface area contributed by atoms with Crippen molar-refractivity contribution in [2.45, 2.75) is 44.8 Å². The standard InChI is InChI=1S/C17H23N3O3/c1-10(2)14-7-15(19-18-14)16(21)20-8-11-5-3-4-6-12(11)13(9-20)17(22)23/h3-6,10,13-15,18-19H,7-9H2,1-2H3,(H,22,23). The molecule has 0 aliphatic carbocycles. The van der Waals surface area contributed by atoms with Gasteiger partial charge in [-0.05, 0) is 23.5 Å². The van der Waals surface area contributed by atoms with Crippen molar-refractivity contribution in [3.05, 3.63) is 35.4 Å². The van der Waals surface area contributed by atoms with Gasteiger partial charge in [0.15, 0.2) is 0 Å². The molecule has 1 fully saturated rings. The Hall–Kier alpha value is -1.92. The van der Waals surface area contributed by atoms with E-state index in [0.717, 1.165) is 17.5 Å². The molecule has 1 aromatic rings. The molecule has 2 aliphatic heterocycles. The Bertz CT molecular complexity index is 617. The number of carbonyl (C=O) groups excluding carboxylic acids is 1. The highest BCUT2D eigenvalue weighted by atomic mass is 16.4. The first-order valence-electron chi connectivity index (χ1n) is 8.07. The first-order chi connectivity index (χ1) is 11.0. The number of hydrogen-bond acceptors (Lipinski definition) is 4. The van der Waals surface area contributed by atoms with Gasteiger partial charge in [0.25, 0.3) is 0 Å². The van der Waals surface area contributed by atoms with Gasteiger partial charge in [-0.3, -0.25) is 15.0 Å². The third kappa shape index (κ3) is 3.09. The maximum Gasteiger partial charge on any atom is 0.312 e. The molecule has 3 unspecified atom stereocenters. The lowest BCUT2D eigenvalue weighted by Gasteiger charge is -2.34. The number of aliphatic carboxylic acids is 1. The van der Waals surface area contributed by atoms with E-state index >= 15 is 0 Å². The van der Waals surface area contributed by atoms with Gasteiger partial charge >= 0.3 is 5.97 Å². The third-order valence-electron chi connectivity index (χ3n) is 4.84. The van der Waals surface area contributed by atoms with Crippen molar-refractivity contribution >= 4 is 11.9 Å². The van der Waals surface area contributed by atoms with Crippen LogP contribution in [0.5, 0.6) is 0 Å². The fraction of sp³-hybridized carbons (Fsp3) is 0.529. The van der Waals surface area contributed by atoms with Gasteiger partial charge in [0.1, 0.15) is 6.04 Å². The molecule has 1 aromatic carbocycles. The summed E-state index contributed by atoms with van der Waals surface area (Å²) in [6, 6.07) is 7.46. The highest BCUT2D eigenvalue weighted by molar-refractivity contribution is 5.85. The van der Waals surface area contributed by atoms with Crippen LogP contribution in [-0.4, -0.2) is 40.5 Å². The van der Waals surface area contributed by atoms with Crippen molar-refractivity contribution < 1.29 is 14.7 Å². The molecule has 0 spiro atoms. The zero-order valence-corrected chi connectivity index (χ0v) is 13.5. The SMILES string of the molecule is CC(C)C1CC(C(=O)N2Cc3ccccc3C(C(=O)O)C2)NN1. The second-order valence-electron chi connectivity index (χ2n) is 6.74. The molecule has 0 bridgehead atoms. The van der Waals surface area contributed by atoms with E-state index in [4.69, 9.17) is 0 Å². The first-order valence-corrected chi connectivity index (χ1v) is 8.07. The normalized spacial score (nSPS) is 27.1. The van der Waals surface area contributed by atoms with Crippen molar-refractivity contribution in [3.63, 3.8) is 0 Å². The minimum Gasteiger partial charge on any atom is -0.481 e. The molecule has 0 radical (unpaired) electrons. The second kappa shape index (κ2) is 6.29. The number of amides is 1. The van der Waals surface area contributed by atoms with E-state index in [1.54, 1.807) is 4.90 Å². The van der Waals surface area contributed by atoms with Crippen LogP contribution >= 0.6 is 0 Å². The topological polar surface area (TPSA) is 81.7 Å². The molecule has 0 saturated carbocycles. The van der Waals surface area contributed by atoms with E-state index in [1.165, 1.54) is 0 Å². The predicted octanol–water partition coefficient (Wildman–Crippen LogP) is 1.09. The van der Waals surface area contributed by atoms with Gasteiger partial charge in [-0.25, -0.2) is 5.43 Å². The Morgan fingerprint density at radius 2 is 2.00 bits per heavy atom. The van der Waals surface area contributed by atoms with Crippen LogP contribution in [0.2, 0.25) is 0 Å². The van der Waals surface area contributed by atoms with Crippen molar-refractivity contribution in [3.8, 4) is 0 Å². The summed E-state index contributed by atoms with van der Waals surface area (Å²) in [5.41, 5.74) is 7.97. The fourth-order valence-corrected chi connectivity index (χ4v) is 3.39. The molecule has 0 aromatic heterocycles. The maximum atomic E-state index is 12.8. The molecular formula is C17H23N3O3. The smallest absolute Gasteiger partial charge is 0.312 e. The number of benzene rings is 1. The Kier molecular flexibility index (Phi) is 4.37.